The zero-order valence-corrected chi connectivity index (χ0v) is 10.4. The van der Waals surface area contributed by atoms with E-state index in [-0.39, 0.29) is 17.4 Å². The van der Waals surface area contributed by atoms with E-state index in [0.717, 1.165) is 30.2 Å². The molecule has 86 valence electrons. The molecule has 1 aliphatic carbocycles. The van der Waals surface area contributed by atoms with E-state index in [2.05, 4.69) is 15.9 Å². The van der Waals surface area contributed by atoms with E-state index in [1.165, 1.54) is 6.07 Å². The molecule has 0 atom stereocenters. The van der Waals surface area contributed by atoms with Crippen LogP contribution in [0.3, 0.4) is 0 Å². The lowest BCUT2D eigenvalue weighted by molar-refractivity contribution is 0.0314. The third-order valence-corrected chi connectivity index (χ3v) is 3.25. The Kier molecular flexibility index (Phi) is 3.49. The third kappa shape index (κ3) is 2.55. The molecule has 0 spiro atoms. The third-order valence-electron chi connectivity index (χ3n) is 2.75. The highest BCUT2D eigenvalue weighted by atomic mass is 79.9. The highest BCUT2D eigenvalue weighted by Crippen LogP contribution is 2.26. The molecule has 3 nitrogen and oxygen atoms in total. The summed E-state index contributed by atoms with van der Waals surface area (Å²) in [4.78, 5) is 11.8. The van der Waals surface area contributed by atoms with E-state index in [4.69, 9.17) is 4.74 Å². The average molecular weight is 285 g/mol. The minimum absolute atomic E-state index is 0.0193. The molecule has 0 aliphatic heterocycles. The Hall–Kier alpha value is -1.03. The minimum atomic E-state index is -0.439. The largest absolute Gasteiger partial charge is 0.507 e. The highest BCUT2D eigenvalue weighted by molar-refractivity contribution is 9.10. The molecular formula is C12H13BrO3. The zero-order valence-electron chi connectivity index (χ0n) is 8.78. The number of benzene rings is 1. The van der Waals surface area contributed by atoms with Crippen LogP contribution in [0, 0.1) is 0 Å². The fourth-order valence-electron chi connectivity index (χ4n) is 1.89. The average Bonchev–Trinajstić information content (AvgIpc) is 2.74. The molecule has 1 aliphatic rings. The molecule has 2 rings (SSSR count). The summed E-state index contributed by atoms with van der Waals surface area (Å²) in [6.45, 7) is 0. The lowest BCUT2D eigenvalue weighted by Crippen LogP contribution is -2.14. The molecule has 1 saturated carbocycles. The summed E-state index contributed by atoms with van der Waals surface area (Å²) in [7, 11) is 0. The van der Waals surface area contributed by atoms with Crippen molar-refractivity contribution in [2.24, 2.45) is 0 Å². The van der Waals surface area contributed by atoms with E-state index in [1.54, 1.807) is 12.1 Å². The maximum Gasteiger partial charge on any atom is 0.342 e. The van der Waals surface area contributed by atoms with Gasteiger partial charge in [0.25, 0.3) is 0 Å². The maximum absolute atomic E-state index is 11.8. The normalized spacial score (nSPS) is 16.3. The van der Waals surface area contributed by atoms with Crippen LogP contribution in [-0.2, 0) is 4.74 Å². The minimum Gasteiger partial charge on any atom is -0.507 e. The quantitative estimate of drug-likeness (QED) is 0.848. The molecule has 0 unspecified atom stereocenters. The Morgan fingerprint density at radius 2 is 2.06 bits per heavy atom. The van der Waals surface area contributed by atoms with Crippen molar-refractivity contribution in [2.45, 2.75) is 31.8 Å². The number of hydrogen-bond donors (Lipinski definition) is 1. The first-order valence-corrected chi connectivity index (χ1v) is 6.15. The van der Waals surface area contributed by atoms with Crippen LogP contribution in [0.4, 0.5) is 0 Å². The van der Waals surface area contributed by atoms with E-state index >= 15 is 0 Å². The number of hydrogen-bond acceptors (Lipinski definition) is 3. The fourth-order valence-corrected chi connectivity index (χ4v) is 2.25. The van der Waals surface area contributed by atoms with Gasteiger partial charge in [-0.2, -0.15) is 0 Å². The number of carbonyl (C=O) groups excluding carboxylic acids is 1. The number of aromatic hydroxyl groups is 1. The number of ether oxygens (including phenoxy) is 1. The lowest BCUT2D eigenvalue weighted by Gasteiger charge is -2.12. The lowest BCUT2D eigenvalue weighted by atomic mass is 10.2. The summed E-state index contributed by atoms with van der Waals surface area (Å²) < 4.78 is 6.07. The topological polar surface area (TPSA) is 46.5 Å². The van der Waals surface area contributed by atoms with Crippen molar-refractivity contribution in [3.8, 4) is 5.75 Å². The van der Waals surface area contributed by atoms with Crippen LogP contribution in [-0.4, -0.2) is 17.2 Å². The van der Waals surface area contributed by atoms with Crippen molar-refractivity contribution in [1.82, 2.24) is 0 Å². The Labute approximate surface area is 103 Å². The molecule has 16 heavy (non-hydrogen) atoms. The van der Waals surface area contributed by atoms with Gasteiger partial charge in [-0.15, -0.1) is 0 Å². The molecular weight excluding hydrogens is 272 g/mol. The van der Waals surface area contributed by atoms with Crippen LogP contribution in [0.2, 0.25) is 0 Å². The number of carbonyl (C=O) groups is 1. The van der Waals surface area contributed by atoms with Gasteiger partial charge in [-0.3, -0.25) is 0 Å². The molecule has 0 radical (unpaired) electrons. The van der Waals surface area contributed by atoms with Gasteiger partial charge in [0.15, 0.2) is 0 Å². The Balaban J connectivity index is 2.10. The molecule has 0 amide bonds. The van der Waals surface area contributed by atoms with Crippen molar-refractivity contribution >= 4 is 21.9 Å². The zero-order chi connectivity index (χ0) is 11.5. The van der Waals surface area contributed by atoms with Crippen LogP contribution in [0.15, 0.2) is 22.7 Å². The molecule has 0 heterocycles. The second-order valence-corrected chi connectivity index (χ2v) is 4.89. The Bertz CT molecular complexity index is 397. The number of esters is 1. The summed E-state index contributed by atoms with van der Waals surface area (Å²) in [6, 6.07) is 4.74. The van der Waals surface area contributed by atoms with Crippen molar-refractivity contribution in [1.29, 1.82) is 0 Å². The number of phenols is 1. The Morgan fingerprint density at radius 1 is 1.38 bits per heavy atom. The van der Waals surface area contributed by atoms with Crippen molar-refractivity contribution < 1.29 is 14.6 Å². The molecule has 4 heteroatoms. The smallest absolute Gasteiger partial charge is 0.342 e. The monoisotopic (exact) mass is 284 g/mol. The first kappa shape index (κ1) is 11.5. The van der Waals surface area contributed by atoms with E-state index in [9.17, 15) is 9.90 Å². The molecule has 0 aromatic heterocycles. The van der Waals surface area contributed by atoms with E-state index in [0.29, 0.717) is 0 Å². The predicted molar refractivity (Wildman–Crippen MR) is 63.5 cm³/mol. The van der Waals surface area contributed by atoms with Crippen LogP contribution >= 0.6 is 15.9 Å². The van der Waals surface area contributed by atoms with Gasteiger partial charge >= 0.3 is 5.97 Å². The Morgan fingerprint density at radius 3 is 2.75 bits per heavy atom. The van der Waals surface area contributed by atoms with Gasteiger partial charge in [0.1, 0.15) is 17.4 Å². The van der Waals surface area contributed by atoms with Crippen LogP contribution in [0.5, 0.6) is 5.75 Å². The number of phenolic OH excluding ortho intramolecular Hbond substituents is 1. The molecule has 0 bridgehead atoms. The molecule has 1 fully saturated rings. The standard InChI is InChI=1S/C12H13BrO3/c13-8-5-6-11(14)10(7-8)12(15)16-9-3-1-2-4-9/h5-7,9,14H,1-4H2. The van der Waals surface area contributed by atoms with Crippen molar-refractivity contribution in [2.75, 3.05) is 0 Å². The van der Waals surface area contributed by atoms with Crippen molar-refractivity contribution in [3.05, 3.63) is 28.2 Å². The summed E-state index contributed by atoms with van der Waals surface area (Å²) in [5, 5.41) is 9.56. The highest BCUT2D eigenvalue weighted by Gasteiger charge is 2.21. The van der Waals surface area contributed by atoms with Crippen LogP contribution in [0.25, 0.3) is 0 Å². The van der Waals surface area contributed by atoms with E-state index < -0.39 is 5.97 Å². The second kappa shape index (κ2) is 4.87. The SMILES string of the molecule is O=C(OC1CCCC1)c1cc(Br)ccc1O. The summed E-state index contributed by atoms with van der Waals surface area (Å²) >= 11 is 3.26. The number of halogens is 1. The van der Waals surface area contributed by atoms with E-state index in [1.807, 2.05) is 0 Å². The molecule has 0 saturated heterocycles. The maximum atomic E-state index is 11.8. The first-order valence-electron chi connectivity index (χ1n) is 5.36. The van der Waals surface area contributed by atoms with Gasteiger partial charge in [0, 0.05) is 4.47 Å². The molecule has 1 aromatic carbocycles. The number of rotatable bonds is 2. The van der Waals surface area contributed by atoms with Gasteiger partial charge in [-0.05, 0) is 43.9 Å². The molecule has 1 aromatic rings. The summed E-state index contributed by atoms with van der Waals surface area (Å²) in [5.41, 5.74) is 0.223. The second-order valence-electron chi connectivity index (χ2n) is 3.97. The van der Waals surface area contributed by atoms with Gasteiger partial charge in [-0.1, -0.05) is 15.9 Å². The fraction of sp³-hybridized carbons (Fsp3) is 0.417. The summed E-state index contributed by atoms with van der Waals surface area (Å²) in [5.74, 6) is -0.475. The van der Waals surface area contributed by atoms with Gasteiger partial charge in [-0.25, -0.2) is 4.79 Å². The first-order chi connectivity index (χ1) is 7.66. The molecule has 1 N–H and O–H groups in total. The van der Waals surface area contributed by atoms with Crippen LogP contribution in [0.1, 0.15) is 36.0 Å². The summed E-state index contributed by atoms with van der Waals surface area (Å²) in [6.07, 6.45) is 4.11. The van der Waals surface area contributed by atoms with Crippen LogP contribution < -0.4 is 0 Å². The van der Waals surface area contributed by atoms with Crippen molar-refractivity contribution in [3.63, 3.8) is 0 Å². The van der Waals surface area contributed by atoms with Gasteiger partial charge in [0.2, 0.25) is 0 Å². The van der Waals surface area contributed by atoms with Gasteiger partial charge < -0.3 is 9.84 Å². The predicted octanol–water partition coefficient (Wildman–Crippen LogP) is 3.25. The van der Waals surface area contributed by atoms with Gasteiger partial charge in [0.05, 0.1) is 0 Å².